The molecule has 3 nitrogen and oxygen atoms in total. The molecule has 4 rings (SSSR count). The van der Waals surface area contributed by atoms with Crippen molar-refractivity contribution < 1.29 is 4.79 Å². The maximum Gasteiger partial charge on any atom is 0.173 e. The minimum Gasteiger partial charge on any atom is -0.320 e. The Morgan fingerprint density at radius 1 is 1.00 bits per heavy atom. The Hall–Kier alpha value is -2.33. The number of hydrogen-bond acceptors (Lipinski definition) is 3. The van der Waals surface area contributed by atoms with Crippen molar-refractivity contribution in [3.8, 4) is 11.1 Å². The van der Waals surface area contributed by atoms with Gasteiger partial charge in [-0.3, -0.25) is 4.79 Å². The average Bonchev–Trinajstić information content (AvgIpc) is 3.35. The molecule has 3 aromatic rings. The van der Waals surface area contributed by atoms with Crippen molar-refractivity contribution in [3.63, 3.8) is 0 Å². The summed E-state index contributed by atoms with van der Waals surface area (Å²) in [7, 11) is 0. The van der Waals surface area contributed by atoms with Crippen molar-refractivity contribution in [1.29, 1.82) is 0 Å². The van der Waals surface area contributed by atoms with Crippen molar-refractivity contribution in [2.75, 3.05) is 5.75 Å². The van der Waals surface area contributed by atoms with Crippen LogP contribution in [0, 0.1) is 13.8 Å². The molecular formula is C24H26N2OS. The number of hydrogen-bond donors (Lipinski definition) is 0. The standard InChI is InChI=1S/C24H26N2OS/c1-17-18(2)26(22-10-6-7-11-22)24(25-17)28-16-23(27)21-14-12-20(13-15-21)19-8-4-3-5-9-19/h3-5,8-9,12-15,22H,6-7,10-11,16H2,1-2H3. The SMILES string of the molecule is Cc1nc(SCC(=O)c2ccc(-c3ccccc3)cc2)n(C2CCCC2)c1C. The number of benzene rings is 2. The lowest BCUT2D eigenvalue weighted by molar-refractivity contribution is 0.102. The Balaban J connectivity index is 1.46. The molecule has 0 spiro atoms. The monoisotopic (exact) mass is 390 g/mol. The Bertz CT molecular complexity index is 954. The van der Waals surface area contributed by atoms with Crippen molar-refractivity contribution in [1.82, 2.24) is 9.55 Å². The van der Waals surface area contributed by atoms with E-state index in [0.717, 1.165) is 22.0 Å². The predicted molar refractivity (Wildman–Crippen MR) is 116 cm³/mol. The van der Waals surface area contributed by atoms with Gasteiger partial charge >= 0.3 is 0 Å². The molecule has 144 valence electrons. The van der Waals surface area contributed by atoms with Gasteiger partial charge in [0.2, 0.25) is 0 Å². The topological polar surface area (TPSA) is 34.9 Å². The summed E-state index contributed by atoms with van der Waals surface area (Å²) < 4.78 is 2.37. The van der Waals surface area contributed by atoms with Crippen LogP contribution in [0.3, 0.4) is 0 Å². The van der Waals surface area contributed by atoms with Gasteiger partial charge in [-0.15, -0.1) is 0 Å². The summed E-state index contributed by atoms with van der Waals surface area (Å²) in [5.74, 6) is 0.578. The van der Waals surface area contributed by atoms with Crippen LogP contribution in [0.15, 0.2) is 59.8 Å². The van der Waals surface area contributed by atoms with Crippen LogP contribution in [-0.4, -0.2) is 21.1 Å². The number of carbonyl (C=O) groups is 1. The van der Waals surface area contributed by atoms with Crippen LogP contribution in [0.1, 0.15) is 53.5 Å². The molecule has 1 aliphatic carbocycles. The molecule has 0 N–H and O–H groups in total. The summed E-state index contributed by atoms with van der Waals surface area (Å²) in [5, 5.41) is 0.996. The molecule has 4 heteroatoms. The number of Topliss-reactive ketones (excluding diaryl/α,β-unsaturated/α-hetero) is 1. The van der Waals surface area contributed by atoms with E-state index >= 15 is 0 Å². The fraction of sp³-hybridized carbons (Fsp3) is 0.333. The number of imidazole rings is 1. The van der Waals surface area contributed by atoms with Crippen LogP contribution in [0.2, 0.25) is 0 Å². The smallest absolute Gasteiger partial charge is 0.173 e. The number of aromatic nitrogens is 2. The minimum atomic E-state index is 0.154. The van der Waals surface area contributed by atoms with Crippen LogP contribution < -0.4 is 0 Å². The second-order valence-electron chi connectivity index (χ2n) is 7.53. The first-order chi connectivity index (χ1) is 13.6. The molecule has 0 saturated heterocycles. The molecule has 28 heavy (non-hydrogen) atoms. The third kappa shape index (κ3) is 3.93. The Labute approximate surface area is 171 Å². The van der Waals surface area contributed by atoms with Gasteiger partial charge in [-0.05, 0) is 37.8 Å². The van der Waals surface area contributed by atoms with Gasteiger partial charge in [-0.25, -0.2) is 4.98 Å². The second kappa shape index (κ2) is 8.36. The zero-order chi connectivity index (χ0) is 19.5. The predicted octanol–water partition coefficient (Wildman–Crippen LogP) is 6.26. The Morgan fingerprint density at radius 2 is 1.64 bits per heavy atom. The second-order valence-corrected chi connectivity index (χ2v) is 8.47. The fourth-order valence-electron chi connectivity index (χ4n) is 3.98. The highest BCUT2D eigenvalue weighted by Crippen LogP contribution is 2.35. The molecule has 1 aliphatic rings. The highest BCUT2D eigenvalue weighted by molar-refractivity contribution is 7.99. The minimum absolute atomic E-state index is 0.154. The van der Waals surface area contributed by atoms with E-state index in [1.807, 2.05) is 42.5 Å². The summed E-state index contributed by atoms with van der Waals surface area (Å²) in [5.41, 5.74) is 5.39. The lowest BCUT2D eigenvalue weighted by Gasteiger charge is -2.16. The highest BCUT2D eigenvalue weighted by Gasteiger charge is 2.23. The van der Waals surface area contributed by atoms with E-state index in [2.05, 4.69) is 30.5 Å². The first-order valence-corrected chi connectivity index (χ1v) is 11.0. The summed E-state index contributed by atoms with van der Waals surface area (Å²) in [6, 6.07) is 18.7. The van der Waals surface area contributed by atoms with Crippen LogP contribution in [-0.2, 0) is 0 Å². The number of aryl methyl sites for hydroxylation is 1. The summed E-state index contributed by atoms with van der Waals surface area (Å²) >= 11 is 1.57. The lowest BCUT2D eigenvalue weighted by Crippen LogP contribution is -2.10. The van der Waals surface area contributed by atoms with Gasteiger partial charge < -0.3 is 4.57 Å². The average molecular weight is 391 g/mol. The quantitative estimate of drug-likeness (QED) is 0.368. The molecular weight excluding hydrogens is 364 g/mol. The third-order valence-electron chi connectivity index (χ3n) is 5.69. The first kappa shape index (κ1) is 19.0. The zero-order valence-electron chi connectivity index (χ0n) is 16.5. The van der Waals surface area contributed by atoms with E-state index in [9.17, 15) is 4.79 Å². The number of carbonyl (C=O) groups excluding carboxylic acids is 1. The fourth-order valence-corrected chi connectivity index (χ4v) is 5.04. The third-order valence-corrected chi connectivity index (χ3v) is 6.64. The van der Waals surface area contributed by atoms with Gasteiger partial charge in [0.25, 0.3) is 0 Å². The molecule has 0 aliphatic heterocycles. The molecule has 0 unspecified atom stereocenters. The molecule has 1 saturated carbocycles. The van der Waals surface area contributed by atoms with Gasteiger partial charge in [0.05, 0.1) is 11.4 Å². The van der Waals surface area contributed by atoms with Crippen molar-refractivity contribution in [2.24, 2.45) is 0 Å². The summed E-state index contributed by atoms with van der Waals surface area (Å²) in [6.45, 7) is 4.21. The molecule has 1 fully saturated rings. The van der Waals surface area contributed by atoms with Crippen LogP contribution in [0.5, 0.6) is 0 Å². The van der Waals surface area contributed by atoms with Gasteiger partial charge in [0, 0.05) is 17.3 Å². The maximum absolute atomic E-state index is 12.7. The Kier molecular flexibility index (Phi) is 5.67. The molecule has 1 heterocycles. The van der Waals surface area contributed by atoms with E-state index in [1.165, 1.54) is 36.9 Å². The molecule has 0 radical (unpaired) electrons. The Morgan fingerprint density at radius 3 is 2.32 bits per heavy atom. The summed E-state index contributed by atoms with van der Waals surface area (Å²) in [4.78, 5) is 17.5. The number of nitrogens with zero attached hydrogens (tertiary/aromatic N) is 2. The molecule has 1 aromatic heterocycles. The van der Waals surface area contributed by atoms with Gasteiger partial charge in [0.1, 0.15) is 0 Å². The van der Waals surface area contributed by atoms with E-state index in [0.29, 0.717) is 11.8 Å². The van der Waals surface area contributed by atoms with E-state index in [1.54, 1.807) is 11.8 Å². The van der Waals surface area contributed by atoms with Crippen molar-refractivity contribution >= 4 is 17.5 Å². The van der Waals surface area contributed by atoms with E-state index in [-0.39, 0.29) is 5.78 Å². The van der Waals surface area contributed by atoms with Crippen molar-refractivity contribution in [2.45, 2.75) is 50.7 Å². The van der Waals surface area contributed by atoms with E-state index < -0.39 is 0 Å². The van der Waals surface area contributed by atoms with Gasteiger partial charge in [-0.1, -0.05) is 79.2 Å². The van der Waals surface area contributed by atoms with Crippen LogP contribution >= 0.6 is 11.8 Å². The molecule has 0 amide bonds. The lowest BCUT2D eigenvalue weighted by atomic mass is 10.0. The normalized spacial score (nSPS) is 14.5. The first-order valence-electron chi connectivity index (χ1n) is 10.0. The largest absolute Gasteiger partial charge is 0.320 e. The molecule has 0 bridgehead atoms. The highest BCUT2D eigenvalue weighted by atomic mass is 32.2. The van der Waals surface area contributed by atoms with Crippen LogP contribution in [0.25, 0.3) is 11.1 Å². The van der Waals surface area contributed by atoms with Gasteiger partial charge in [-0.2, -0.15) is 0 Å². The maximum atomic E-state index is 12.7. The number of ketones is 1. The van der Waals surface area contributed by atoms with Gasteiger partial charge in [0.15, 0.2) is 10.9 Å². The summed E-state index contributed by atoms with van der Waals surface area (Å²) in [6.07, 6.45) is 5.02. The zero-order valence-corrected chi connectivity index (χ0v) is 17.3. The molecule has 2 aromatic carbocycles. The van der Waals surface area contributed by atoms with E-state index in [4.69, 9.17) is 4.98 Å². The van der Waals surface area contributed by atoms with Crippen LogP contribution in [0.4, 0.5) is 0 Å². The number of rotatable bonds is 6. The van der Waals surface area contributed by atoms with Crippen molar-refractivity contribution in [3.05, 3.63) is 71.5 Å². The number of thioether (sulfide) groups is 1. The molecule has 0 atom stereocenters.